The number of benzene rings is 1. The van der Waals surface area contributed by atoms with Gasteiger partial charge < -0.3 is 15.0 Å². The van der Waals surface area contributed by atoms with Gasteiger partial charge in [0.25, 0.3) is 0 Å². The van der Waals surface area contributed by atoms with Gasteiger partial charge in [-0.2, -0.15) is 0 Å². The van der Waals surface area contributed by atoms with E-state index in [4.69, 9.17) is 4.74 Å². The average molecular weight is 288 g/mol. The van der Waals surface area contributed by atoms with Crippen molar-refractivity contribution in [3.63, 3.8) is 0 Å². The van der Waals surface area contributed by atoms with Gasteiger partial charge in [0, 0.05) is 30.6 Å². The molecule has 0 amide bonds. The van der Waals surface area contributed by atoms with Crippen molar-refractivity contribution in [2.24, 2.45) is 5.92 Å². The SMILES string of the molecule is CC(C)CN1CCC(NC2CCOc3ccccc32)CC1. The van der Waals surface area contributed by atoms with Crippen LogP contribution in [0.25, 0.3) is 0 Å². The van der Waals surface area contributed by atoms with Crippen molar-refractivity contribution in [1.29, 1.82) is 0 Å². The number of nitrogens with one attached hydrogen (secondary N) is 1. The Hall–Kier alpha value is -1.06. The van der Waals surface area contributed by atoms with Gasteiger partial charge in [-0.1, -0.05) is 32.0 Å². The highest BCUT2D eigenvalue weighted by molar-refractivity contribution is 5.37. The third-order valence-electron chi connectivity index (χ3n) is 4.61. The van der Waals surface area contributed by atoms with E-state index >= 15 is 0 Å². The highest BCUT2D eigenvalue weighted by atomic mass is 16.5. The van der Waals surface area contributed by atoms with Crippen LogP contribution in [0.4, 0.5) is 0 Å². The second kappa shape index (κ2) is 6.80. The van der Waals surface area contributed by atoms with Crippen LogP contribution in [0.3, 0.4) is 0 Å². The monoisotopic (exact) mass is 288 g/mol. The number of hydrogen-bond donors (Lipinski definition) is 1. The summed E-state index contributed by atoms with van der Waals surface area (Å²) in [6, 6.07) is 9.61. The predicted octanol–water partition coefficient (Wildman–Crippen LogP) is 3.22. The minimum atomic E-state index is 0.469. The summed E-state index contributed by atoms with van der Waals surface area (Å²) < 4.78 is 5.76. The molecule has 1 fully saturated rings. The molecule has 1 atom stereocenters. The Morgan fingerprint density at radius 3 is 2.71 bits per heavy atom. The Kier molecular flexibility index (Phi) is 4.81. The third-order valence-corrected chi connectivity index (χ3v) is 4.61. The lowest BCUT2D eigenvalue weighted by Gasteiger charge is -2.36. The lowest BCUT2D eigenvalue weighted by molar-refractivity contribution is 0.165. The fraction of sp³-hybridized carbons (Fsp3) is 0.667. The van der Waals surface area contributed by atoms with Gasteiger partial charge in [0.1, 0.15) is 5.75 Å². The first-order chi connectivity index (χ1) is 10.2. The molecular weight excluding hydrogens is 260 g/mol. The average Bonchev–Trinajstić information content (AvgIpc) is 2.49. The van der Waals surface area contributed by atoms with Crippen molar-refractivity contribution < 1.29 is 4.74 Å². The van der Waals surface area contributed by atoms with Crippen LogP contribution in [0.15, 0.2) is 24.3 Å². The molecule has 1 saturated heterocycles. The molecule has 0 aliphatic carbocycles. The largest absolute Gasteiger partial charge is 0.493 e. The van der Waals surface area contributed by atoms with E-state index in [0.29, 0.717) is 12.1 Å². The molecule has 1 unspecified atom stereocenters. The van der Waals surface area contributed by atoms with Crippen LogP contribution in [-0.4, -0.2) is 37.2 Å². The number of ether oxygens (including phenoxy) is 1. The van der Waals surface area contributed by atoms with Crippen molar-refractivity contribution in [1.82, 2.24) is 10.2 Å². The third kappa shape index (κ3) is 3.78. The lowest BCUT2D eigenvalue weighted by atomic mass is 9.97. The minimum absolute atomic E-state index is 0.469. The van der Waals surface area contributed by atoms with E-state index in [9.17, 15) is 0 Å². The normalized spacial score (nSPS) is 23.9. The molecule has 116 valence electrons. The zero-order valence-electron chi connectivity index (χ0n) is 13.3. The Balaban J connectivity index is 1.54. The summed E-state index contributed by atoms with van der Waals surface area (Å²) in [5.74, 6) is 1.84. The molecule has 3 nitrogen and oxygen atoms in total. The van der Waals surface area contributed by atoms with Crippen LogP contribution < -0.4 is 10.1 Å². The van der Waals surface area contributed by atoms with E-state index < -0.39 is 0 Å². The Labute approximate surface area is 128 Å². The summed E-state index contributed by atoms with van der Waals surface area (Å²) >= 11 is 0. The van der Waals surface area contributed by atoms with E-state index in [-0.39, 0.29) is 0 Å². The number of para-hydroxylation sites is 1. The van der Waals surface area contributed by atoms with Gasteiger partial charge in [-0.15, -0.1) is 0 Å². The number of rotatable bonds is 4. The van der Waals surface area contributed by atoms with Gasteiger partial charge in [0.2, 0.25) is 0 Å². The van der Waals surface area contributed by atoms with Crippen LogP contribution in [0.1, 0.15) is 44.7 Å². The van der Waals surface area contributed by atoms with Gasteiger partial charge in [0.05, 0.1) is 6.61 Å². The van der Waals surface area contributed by atoms with Gasteiger partial charge >= 0.3 is 0 Å². The summed E-state index contributed by atoms with van der Waals surface area (Å²) in [4.78, 5) is 2.61. The molecule has 2 aliphatic heterocycles. The number of fused-ring (bicyclic) bond motifs is 1. The van der Waals surface area contributed by atoms with Gasteiger partial charge in [-0.05, 0) is 37.9 Å². The molecule has 0 aromatic heterocycles. The van der Waals surface area contributed by atoms with E-state index in [2.05, 4.69) is 48.3 Å². The molecule has 2 heterocycles. The van der Waals surface area contributed by atoms with Crippen LogP contribution in [0.2, 0.25) is 0 Å². The highest BCUT2D eigenvalue weighted by Gasteiger charge is 2.26. The first-order valence-corrected chi connectivity index (χ1v) is 8.42. The first-order valence-electron chi connectivity index (χ1n) is 8.42. The molecule has 0 radical (unpaired) electrons. The number of likely N-dealkylation sites (tertiary alicyclic amines) is 1. The molecule has 0 saturated carbocycles. The Morgan fingerprint density at radius 2 is 1.95 bits per heavy atom. The number of piperidine rings is 1. The second-order valence-electron chi connectivity index (χ2n) is 6.86. The zero-order chi connectivity index (χ0) is 14.7. The molecule has 21 heavy (non-hydrogen) atoms. The van der Waals surface area contributed by atoms with Crippen molar-refractivity contribution in [3.05, 3.63) is 29.8 Å². The summed E-state index contributed by atoms with van der Waals surface area (Å²) in [7, 11) is 0. The standard InChI is InChI=1S/C18H28N2O/c1-14(2)13-20-10-7-15(8-11-20)19-17-9-12-21-18-6-4-3-5-16(17)18/h3-6,14-15,17,19H,7-13H2,1-2H3. The molecule has 3 heteroatoms. The Bertz CT molecular complexity index is 452. The van der Waals surface area contributed by atoms with Crippen LogP contribution in [-0.2, 0) is 0 Å². The van der Waals surface area contributed by atoms with E-state index in [1.165, 1.54) is 38.0 Å². The smallest absolute Gasteiger partial charge is 0.124 e. The van der Waals surface area contributed by atoms with Gasteiger partial charge in [-0.25, -0.2) is 0 Å². The van der Waals surface area contributed by atoms with Crippen molar-refractivity contribution in [2.75, 3.05) is 26.2 Å². The van der Waals surface area contributed by atoms with E-state index in [1.807, 2.05) is 0 Å². The highest BCUT2D eigenvalue weighted by Crippen LogP contribution is 2.32. The topological polar surface area (TPSA) is 24.5 Å². The van der Waals surface area contributed by atoms with Crippen LogP contribution in [0.5, 0.6) is 5.75 Å². The second-order valence-corrected chi connectivity index (χ2v) is 6.86. The molecular formula is C18H28N2O. The minimum Gasteiger partial charge on any atom is -0.493 e. The fourth-order valence-corrected chi connectivity index (χ4v) is 3.60. The van der Waals surface area contributed by atoms with Crippen molar-refractivity contribution in [2.45, 2.75) is 45.2 Å². The lowest BCUT2D eigenvalue weighted by Crippen LogP contribution is -2.45. The summed E-state index contributed by atoms with van der Waals surface area (Å²) in [5.41, 5.74) is 1.34. The van der Waals surface area contributed by atoms with Crippen LogP contribution in [0, 0.1) is 5.92 Å². The number of hydrogen-bond acceptors (Lipinski definition) is 3. The molecule has 0 spiro atoms. The molecule has 1 aromatic rings. The first kappa shape index (κ1) is 14.9. The predicted molar refractivity (Wildman–Crippen MR) is 86.7 cm³/mol. The van der Waals surface area contributed by atoms with Crippen LogP contribution >= 0.6 is 0 Å². The number of nitrogens with zero attached hydrogens (tertiary/aromatic N) is 1. The maximum Gasteiger partial charge on any atom is 0.124 e. The van der Waals surface area contributed by atoms with Gasteiger partial charge in [0.15, 0.2) is 0 Å². The maximum atomic E-state index is 5.76. The zero-order valence-corrected chi connectivity index (χ0v) is 13.3. The summed E-state index contributed by atoms with van der Waals surface area (Å²) in [6.07, 6.45) is 3.63. The molecule has 3 rings (SSSR count). The summed E-state index contributed by atoms with van der Waals surface area (Å²) in [6.45, 7) is 9.17. The van der Waals surface area contributed by atoms with Gasteiger partial charge in [-0.3, -0.25) is 0 Å². The van der Waals surface area contributed by atoms with Crippen molar-refractivity contribution in [3.8, 4) is 5.75 Å². The van der Waals surface area contributed by atoms with E-state index in [0.717, 1.165) is 24.7 Å². The molecule has 0 bridgehead atoms. The summed E-state index contributed by atoms with van der Waals surface area (Å²) in [5, 5.41) is 3.88. The molecule has 1 N–H and O–H groups in total. The molecule has 2 aliphatic rings. The maximum absolute atomic E-state index is 5.76. The quantitative estimate of drug-likeness (QED) is 0.920. The molecule has 1 aromatic carbocycles. The fourth-order valence-electron chi connectivity index (χ4n) is 3.60. The van der Waals surface area contributed by atoms with Crippen molar-refractivity contribution >= 4 is 0 Å². The Morgan fingerprint density at radius 1 is 1.19 bits per heavy atom. The van der Waals surface area contributed by atoms with E-state index in [1.54, 1.807) is 0 Å².